The third kappa shape index (κ3) is 4.50. The second-order valence-electron chi connectivity index (χ2n) is 4.26. The Bertz CT molecular complexity index is 472. The first-order valence-electron chi connectivity index (χ1n) is 5.57. The molecule has 0 saturated heterocycles. The summed E-state index contributed by atoms with van der Waals surface area (Å²) in [6, 6.07) is 3.87. The molecule has 0 aliphatic rings. The third-order valence-corrected chi connectivity index (χ3v) is 3.74. The summed E-state index contributed by atoms with van der Waals surface area (Å²) < 4.78 is 1.40. The van der Waals surface area contributed by atoms with Gasteiger partial charge in [-0.15, -0.1) is 0 Å². The van der Waals surface area contributed by atoms with Crippen molar-refractivity contribution in [2.24, 2.45) is 5.92 Å². The summed E-state index contributed by atoms with van der Waals surface area (Å²) in [4.78, 5) is 22.8. The number of carboxylic acids is 1. The Balaban J connectivity index is 2.78. The molecule has 1 aromatic carbocycles. The first kappa shape index (κ1) is 16.0. The summed E-state index contributed by atoms with van der Waals surface area (Å²) in [5.74, 6) is -1.26. The molecule has 1 atom stereocenters. The molecule has 0 aliphatic heterocycles. The fourth-order valence-corrected chi connectivity index (χ4v) is 2.62. The maximum atomic E-state index is 11.8. The monoisotopic (exact) mass is 392 g/mol. The van der Waals surface area contributed by atoms with Crippen LogP contribution in [0.5, 0.6) is 0 Å². The minimum absolute atomic E-state index is 0.203. The van der Waals surface area contributed by atoms with Gasteiger partial charge in [0.1, 0.15) is 6.04 Å². The largest absolute Gasteiger partial charge is 0.480 e. The molecule has 3 N–H and O–H groups in total. The smallest absolute Gasteiger partial charge is 0.326 e. The first-order chi connectivity index (χ1) is 8.82. The lowest BCUT2D eigenvalue weighted by molar-refractivity contribution is -0.140. The highest BCUT2D eigenvalue weighted by atomic mass is 79.9. The van der Waals surface area contributed by atoms with Gasteiger partial charge in [0.05, 0.1) is 5.69 Å². The molecule has 0 fully saturated rings. The molecule has 1 rings (SSSR count). The molecule has 0 bridgehead atoms. The van der Waals surface area contributed by atoms with Gasteiger partial charge in [0.2, 0.25) is 0 Å². The lowest BCUT2D eigenvalue weighted by Gasteiger charge is -2.19. The number of nitrogens with one attached hydrogen (secondary N) is 2. The minimum atomic E-state index is -1.06. The Morgan fingerprint density at radius 3 is 2.16 bits per heavy atom. The van der Waals surface area contributed by atoms with Gasteiger partial charge in [0, 0.05) is 8.95 Å². The summed E-state index contributed by atoms with van der Waals surface area (Å²) in [7, 11) is 0. The number of carbonyl (C=O) groups is 2. The fourth-order valence-electron chi connectivity index (χ4n) is 1.42. The van der Waals surface area contributed by atoms with E-state index in [0.29, 0.717) is 14.6 Å². The van der Waals surface area contributed by atoms with Gasteiger partial charge in [-0.3, -0.25) is 0 Å². The molecular weight excluding hydrogens is 380 g/mol. The highest BCUT2D eigenvalue weighted by Crippen LogP contribution is 2.30. The quantitative estimate of drug-likeness (QED) is 0.733. The van der Waals surface area contributed by atoms with Crippen molar-refractivity contribution in [3.63, 3.8) is 0 Å². The average molecular weight is 394 g/mol. The van der Waals surface area contributed by atoms with Crippen LogP contribution in [0.1, 0.15) is 13.8 Å². The van der Waals surface area contributed by atoms with Gasteiger partial charge in [0.15, 0.2) is 0 Å². The normalized spacial score (nSPS) is 12.1. The lowest BCUT2D eigenvalue weighted by atomic mass is 10.1. The van der Waals surface area contributed by atoms with Gasteiger partial charge >= 0.3 is 12.0 Å². The number of anilines is 1. The Hall–Kier alpha value is -1.08. The van der Waals surface area contributed by atoms with Gasteiger partial charge < -0.3 is 15.7 Å². The number of hydrogen-bond acceptors (Lipinski definition) is 2. The fraction of sp³-hybridized carbons (Fsp3) is 0.333. The maximum Gasteiger partial charge on any atom is 0.326 e. The molecule has 0 heterocycles. The summed E-state index contributed by atoms with van der Waals surface area (Å²) in [6.07, 6.45) is 0. The van der Waals surface area contributed by atoms with E-state index in [-0.39, 0.29) is 5.92 Å². The molecule has 1 aromatic rings. The molecular formula is C12H14Br2N2O3. The number of aliphatic carboxylic acids is 1. The first-order valence-corrected chi connectivity index (χ1v) is 7.16. The SMILES string of the molecule is CC(C)[C@@H](NC(=O)Nc1c(Br)cccc1Br)C(=O)O. The van der Waals surface area contributed by atoms with Crippen LogP contribution in [0.25, 0.3) is 0 Å². The number of amides is 2. The van der Waals surface area contributed by atoms with E-state index in [9.17, 15) is 9.59 Å². The molecule has 5 nitrogen and oxygen atoms in total. The molecule has 0 radical (unpaired) electrons. The summed E-state index contributed by atoms with van der Waals surface area (Å²) in [6.45, 7) is 3.46. The van der Waals surface area contributed by atoms with Gasteiger partial charge in [0.25, 0.3) is 0 Å². The number of carboxylic acid groups (broad SMARTS) is 1. The molecule has 0 aliphatic carbocycles. The Kier molecular flexibility index (Phi) is 5.81. The maximum absolute atomic E-state index is 11.8. The van der Waals surface area contributed by atoms with Gasteiger partial charge in [-0.05, 0) is 49.9 Å². The number of rotatable bonds is 4. The van der Waals surface area contributed by atoms with Crippen LogP contribution in [0.15, 0.2) is 27.1 Å². The van der Waals surface area contributed by atoms with E-state index in [0.717, 1.165) is 0 Å². The van der Waals surface area contributed by atoms with Crippen LogP contribution in [-0.2, 0) is 4.79 Å². The lowest BCUT2D eigenvalue weighted by Crippen LogP contribution is -2.46. The third-order valence-electron chi connectivity index (χ3n) is 2.42. The van der Waals surface area contributed by atoms with Crippen LogP contribution in [0.4, 0.5) is 10.5 Å². The minimum Gasteiger partial charge on any atom is -0.480 e. The van der Waals surface area contributed by atoms with E-state index in [4.69, 9.17) is 5.11 Å². The topological polar surface area (TPSA) is 78.4 Å². The summed E-state index contributed by atoms with van der Waals surface area (Å²) >= 11 is 6.62. The number of carbonyl (C=O) groups excluding carboxylic acids is 1. The van der Waals surface area contributed by atoms with Gasteiger partial charge in [-0.25, -0.2) is 9.59 Å². The predicted molar refractivity (Wildman–Crippen MR) is 80.3 cm³/mol. The van der Waals surface area contributed by atoms with Crippen LogP contribution in [0.3, 0.4) is 0 Å². The van der Waals surface area contributed by atoms with E-state index < -0.39 is 18.0 Å². The van der Waals surface area contributed by atoms with E-state index in [1.807, 2.05) is 6.07 Å². The van der Waals surface area contributed by atoms with E-state index in [1.165, 1.54) is 0 Å². The standard InChI is InChI=1S/C12H14Br2N2O3/c1-6(2)9(11(17)18)15-12(19)16-10-7(13)4-3-5-8(10)14/h3-6,9H,1-2H3,(H,17,18)(H2,15,16,19)/t9-/m1/s1. The van der Waals surface area contributed by atoms with Crippen molar-refractivity contribution in [2.45, 2.75) is 19.9 Å². The molecule has 19 heavy (non-hydrogen) atoms. The number of urea groups is 1. The molecule has 0 saturated carbocycles. The number of hydrogen-bond donors (Lipinski definition) is 3. The van der Waals surface area contributed by atoms with Crippen molar-refractivity contribution in [2.75, 3.05) is 5.32 Å². The van der Waals surface area contributed by atoms with Crippen LogP contribution in [-0.4, -0.2) is 23.1 Å². The predicted octanol–water partition coefficient (Wildman–Crippen LogP) is 3.44. The second-order valence-corrected chi connectivity index (χ2v) is 5.96. The van der Waals surface area contributed by atoms with Crippen molar-refractivity contribution in [3.05, 3.63) is 27.1 Å². The molecule has 104 valence electrons. The molecule has 7 heteroatoms. The zero-order chi connectivity index (χ0) is 14.6. The van der Waals surface area contributed by atoms with Crippen LogP contribution >= 0.6 is 31.9 Å². The molecule has 0 unspecified atom stereocenters. The van der Waals surface area contributed by atoms with Gasteiger partial charge in [-0.1, -0.05) is 19.9 Å². The van der Waals surface area contributed by atoms with Crippen molar-refractivity contribution < 1.29 is 14.7 Å². The summed E-state index contributed by atoms with van der Waals surface area (Å²) in [5.41, 5.74) is 0.549. The van der Waals surface area contributed by atoms with Crippen LogP contribution in [0, 0.1) is 5.92 Å². The molecule has 2 amide bonds. The zero-order valence-electron chi connectivity index (χ0n) is 10.4. The summed E-state index contributed by atoms with van der Waals surface area (Å²) in [5, 5.41) is 14.0. The second kappa shape index (κ2) is 6.91. The van der Waals surface area contributed by atoms with Crippen molar-refractivity contribution in [1.82, 2.24) is 5.32 Å². The average Bonchev–Trinajstić information content (AvgIpc) is 2.30. The number of benzene rings is 1. The highest BCUT2D eigenvalue weighted by Gasteiger charge is 2.23. The highest BCUT2D eigenvalue weighted by molar-refractivity contribution is 9.11. The van der Waals surface area contributed by atoms with Crippen molar-refractivity contribution in [3.8, 4) is 0 Å². The van der Waals surface area contributed by atoms with Crippen molar-refractivity contribution in [1.29, 1.82) is 0 Å². The van der Waals surface area contributed by atoms with Crippen molar-refractivity contribution >= 4 is 49.5 Å². The Labute approximate surface area is 128 Å². The van der Waals surface area contributed by atoms with Gasteiger partial charge in [-0.2, -0.15) is 0 Å². The van der Waals surface area contributed by atoms with E-state index in [2.05, 4.69) is 42.5 Å². The Morgan fingerprint density at radius 2 is 1.74 bits per heavy atom. The number of halogens is 2. The molecule has 0 aromatic heterocycles. The van der Waals surface area contributed by atoms with Crippen LogP contribution < -0.4 is 10.6 Å². The van der Waals surface area contributed by atoms with E-state index >= 15 is 0 Å². The zero-order valence-corrected chi connectivity index (χ0v) is 13.6. The van der Waals surface area contributed by atoms with E-state index in [1.54, 1.807) is 26.0 Å². The number of para-hydroxylation sites is 1. The van der Waals surface area contributed by atoms with Crippen LogP contribution in [0.2, 0.25) is 0 Å². The Morgan fingerprint density at radius 1 is 1.21 bits per heavy atom. The molecule has 0 spiro atoms.